The number of methoxy groups -OCH3 is 1. The number of pyridine rings is 1. The molecule has 2 aromatic rings. The summed E-state index contributed by atoms with van der Waals surface area (Å²) in [5, 5.41) is 17.9. The maximum Gasteiger partial charge on any atom is 0.337 e. The van der Waals surface area contributed by atoms with E-state index in [4.69, 9.17) is 19.8 Å². The van der Waals surface area contributed by atoms with E-state index in [0.717, 1.165) is 0 Å². The molecular formula is C14H10N2O4. The zero-order valence-corrected chi connectivity index (χ0v) is 10.5. The van der Waals surface area contributed by atoms with Gasteiger partial charge in [0.2, 0.25) is 0 Å². The minimum atomic E-state index is -1.10. The van der Waals surface area contributed by atoms with Gasteiger partial charge in [0, 0.05) is 12.3 Å². The van der Waals surface area contributed by atoms with Gasteiger partial charge in [-0.05, 0) is 18.2 Å². The van der Waals surface area contributed by atoms with Gasteiger partial charge >= 0.3 is 5.97 Å². The summed E-state index contributed by atoms with van der Waals surface area (Å²) in [5.74, 6) is -0.0683. The molecule has 0 bridgehead atoms. The van der Waals surface area contributed by atoms with Crippen LogP contribution in [0.3, 0.4) is 0 Å². The Labute approximate surface area is 114 Å². The lowest BCUT2D eigenvalue weighted by molar-refractivity contribution is 0.0696. The van der Waals surface area contributed by atoms with Crippen LogP contribution in [0.15, 0.2) is 36.7 Å². The number of carboxylic acids is 1. The number of nitrogens with zero attached hydrogens (tertiary/aromatic N) is 2. The molecule has 0 atom stereocenters. The lowest BCUT2D eigenvalue weighted by atomic mass is 10.2. The fraction of sp³-hybridized carbons (Fsp3) is 0.0714. The Morgan fingerprint density at radius 2 is 2.10 bits per heavy atom. The van der Waals surface area contributed by atoms with Crippen LogP contribution in [0.1, 0.15) is 15.9 Å². The largest absolute Gasteiger partial charge is 0.497 e. The summed E-state index contributed by atoms with van der Waals surface area (Å²) in [4.78, 5) is 14.6. The Balaban J connectivity index is 2.36. The molecule has 1 aromatic carbocycles. The van der Waals surface area contributed by atoms with Crippen molar-refractivity contribution < 1.29 is 19.4 Å². The van der Waals surface area contributed by atoms with Crippen molar-refractivity contribution >= 4 is 5.97 Å². The van der Waals surface area contributed by atoms with E-state index < -0.39 is 5.97 Å². The summed E-state index contributed by atoms with van der Waals surface area (Å²) >= 11 is 0. The molecule has 1 N–H and O–H groups in total. The normalized spacial score (nSPS) is 9.60. The summed E-state index contributed by atoms with van der Waals surface area (Å²) in [6, 6.07) is 8.06. The first-order valence-electron chi connectivity index (χ1n) is 5.58. The Hall–Kier alpha value is -3.07. The number of benzene rings is 1. The molecule has 0 amide bonds. The number of aromatic nitrogens is 1. The summed E-state index contributed by atoms with van der Waals surface area (Å²) in [7, 11) is 1.50. The van der Waals surface area contributed by atoms with E-state index in [1.807, 2.05) is 6.07 Å². The van der Waals surface area contributed by atoms with Crippen molar-refractivity contribution in [3.63, 3.8) is 0 Å². The van der Waals surface area contributed by atoms with Crippen molar-refractivity contribution in [3.05, 3.63) is 47.8 Å². The Morgan fingerprint density at radius 1 is 1.30 bits per heavy atom. The van der Waals surface area contributed by atoms with Crippen molar-refractivity contribution in [1.29, 1.82) is 5.26 Å². The highest BCUT2D eigenvalue weighted by Crippen LogP contribution is 2.29. The average molecular weight is 270 g/mol. The molecule has 1 heterocycles. The van der Waals surface area contributed by atoms with Crippen molar-refractivity contribution in [1.82, 2.24) is 4.98 Å². The maximum absolute atomic E-state index is 10.9. The highest BCUT2D eigenvalue weighted by molar-refractivity contribution is 5.87. The lowest BCUT2D eigenvalue weighted by Crippen LogP contribution is -1.98. The average Bonchev–Trinajstić information content (AvgIpc) is 2.47. The molecule has 0 aliphatic carbocycles. The van der Waals surface area contributed by atoms with E-state index in [1.165, 1.54) is 25.6 Å². The maximum atomic E-state index is 10.9. The first-order valence-corrected chi connectivity index (χ1v) is 5.58. The second-order valence-electron chi connectivity index (χ2n) is 3.79. The Morgan fingerprint density at radius 3 is 2.75 bits per heavy atom. The molecule has 20 heavy (non-hydrogen) atoms. The predicted octanol–water partition coefficient (Wildman–Crippen LogP) is 2.45. The van der Waals surface area contributed by atoms with Gasteiger partial charge in [-0.2, -0.15) is 5.26 Å². The number of ether oxygens (including phenoxy) is 2. The number of carbonyl (C=O) groups is 1. The number of nitriles is 1. The highest BCUT2D eigenvalue weighted by Gasteiger charge is 2.09. The minimum Gasteiger partial charge on any atom is -0.497 e. The van der Waals surface area contributed by atoms with E-state index in [9.17, 15) is 4.79 Å². The van der Waals surface area contributed by atoms with Crippen LogP contribution in [0.25, 0.3) is 0 Å². The second kappa shape index (κ2) is 5.71. The van der Waals surface area contributed by atoms with Crippen LogP contribution in [0.4, 0.5) is 0 Å². The third-order valence-electron chi connectivity index (χ3n) is 2.50. The van der Waals surface area contributed by atoms with Crippen molar-refractivity contribution in [2.24, 2.45) is 0 Å². The summed E-state index contributed by atoms with van der Waals surface area (Å²) < 4.78 is 10.6. The van der Waals surface area contributed by atoms with Crippen LogP contribution in [-0.4, -0.2) is 23.2 Å². The van der Waals surface area contributed by atoms with E-state index in [0.29, 0.717) is 11.3 Å². The summed E-state index contributed by atoms with van der Waals surface area (Å²) in [6.45, 7) is 0. The van der Waals surface area contributed by atoms with Gasteiger partial charge in [-0.1, -0.05) is 0 Å². The van der Waals surface area contributed by atoms with Crippen LogP contribution < -0.4 is 9.47 Å². The van der Waals surface area contributed by atoms with E-state index in [2.05, 4.69) is 4.98 Å². The van der Waals surface area contributed by atoms with Crippen LogP contribution in [0, 0.1) is 11.3 Å². The topological polar surface area (TPSA) is 92.4 Å². The number of rotatable bonds is 4. The molecule has 0 radical (unpaired) electrons. The van der Waals surface area contributed by atoms with E-state index in [1.54, 1.807) is 18.2 Å². The number of hydrogen-bond acceptors (Lipinski definition) is 5. The zero-order chi connectivity index (χ0) is 14.5. The molecule has 0 saturated heterocycles. The van der Waals surface area contributed by atoms with Crippen LogP contribution in [-0.2, 0) is 0 Å². The molecule has 0 unspecified atom stereocenters. The minimum absolute atomic E-state index is 0.00361. The quantitative estimate of drug-likeness (QED) is 0.917. The van der Waals surface area contributed by atoms with E-state index >= 15 is 0 Å². The molecule has 0 aliphatic rings. The number of carboxylic acid groups (broad SMARTS) is 1. The fourth-order valence-electron chi connectivity index (χ4n) is 1.53. The number of hydrogen-bond donors (Lipinski definition) is 1. The third-order valence-corrected chi connectivity index (χ3v) is 2.50. The fourth-order valence-corrected chi connectivity index (χ4v) is 1.53. The molecule has 2 rings (SSSR count). The molecule has 0 fully saturated rings. The van der Waals surface area contributed by atoms with Gasteiger partial charge in [0.05, 0.1) is 24.4 Å². The van der Waals surface area contributed by atoms with Crippen LogP contribution in [0.5, 0.6) is 17.2 Å². The second-order valence-corrected chi connectivity index (χ2v) is 3.79. The SMILES string of the molecule is COc1ccc(C#N)c(Oc2cncc(C(=O)O)c2)c1. The van der Waals surface area contributed by atoms with Gasteiger partial charge in [-0.15, -0.1) is 0 Å². The number of aromatic carboxylic acids is 1. The molecule has 1 aromatic heterocycles. The molecule has 0 saturated carbocycles. The first-order chi connectivity index (χ1) is 9.63. The molecule has 6 heteroatoms. The monoisotopic (exact) mass is 270 g/mol. The highest BCUT2D eigenvalue weighted by atomic mass is 16.5. The molecular weight excluding hydrogens is 260 g/mol. The standard InChI is InChI=1S/C14H10N2O4/c1-19-11-3-2-9(6-15)13(5-11)20-12-4-10(14(17)18)7-16-8-12/h2-5,7-8H,1H3,(H,17,18). The predicted molar refractivity (Wildman–Crippen MR) is 69.0 cm³/mol. The van der Waals surface area contributed by atoms with Gasteiger partial charge < -0.3 is 14.6 Å². The van der Waals surface area contributed by atoms with Crippen molar-refractivity contribution in [2.45, 2.75) is 0 Å². The van der Waals surface area contributed by atoms with Gasteiger partial charge in [0.15, 0.2) is 0 Å². The van der Waals surface area contributed by atoms with E-state index in [-0.39, 0.29) is 17.1 Å². The van der Waals surface area contributed by atoms with Gasteiger partial charge in [0.1, 0.15) is 23.3 Å². The molecule has 6 nitrogen and oxygen atoms in total. The van der Waals surface area contributed by atoms with Gasteiger partial charge in [0.25, 0.3) is 0 Å². The lowest BCUT2D eigenvalue weighted by Gasteiger charge is -2.09. The molecule has 0 spiro atoms. The van der Waals surface area contributed by atoms with Crippen molar-refractivity contribution in [2.75, 3.05) is 7.11 Å². The first kappa shape index (κ1) is 13.4. The summed E-state index contributed by atoms with van der Waals surface area (Å²) in [6.07, 6.45) is 2.58. The van der Waals surface area contributed by atoms with Crippen molar-refractivity contribution in [3.8, 4) is 23.3 Å². The zero-order valence-electron chi connectivity index (χ0n) is 10.5. The van der Waals surface area contributed by atoms with Crippen LogP contribution >= 0.6 is 0 Å². The Kier molecular flexibility index (Phi) is 3.82. The molecule has 0 aliphatic heterocycles. The molecule has 100 valence electrons. The van der Waals surface area contributed by atoms with Gasteiger partial charge in [-0.3, -0.25) is 4.98 Å². The van der Waals surface area contributed by atoms with Gasteiger partial charge in [-0.25, -0.2) is 4.79 Å². The Bertz CT molecular complexity index is 692. The summed E-state index contributed by atoms with van der Waals surface area (Å²) in [5.41, 5.74) is 0.315. The smallest absolute Gasteiger partial charge is 0.337 e. The third kappa shape index (κ3) is 2.84. The van der Waals surface area contributed by atoms with Crippen LogP contribution in [0.2, 0.25) is 0 Å².